The third kappa shape index (κ3) is 9.24. The van der Waals surface area contributed by atoms with Crippen LogP contribution in [0.3, 0.4) is 0 Å². The summed E-state index contributed by atoms with van der Waals surface area (Å²) in [5, 5.41) is 6.31. The fourth-order valence-electron chi connectivity index (χ4n) is 1.85. The van der Waals surface area contributed by atoms with Gasteiger partial charge in [0.2, 0.25) is 0 Å². The quantitative estimate of drug-likeness (QED) is 0.245. The summed E-state index contributed by atoms with van der Waals surface area (Å²) >= 11 is 0. The van der Waals surface area contributed by atoms with Gasteiger partial charge in [0.15, 0.2) is 17.5 Å². The molecule has 2 N–H and O–H groups in total. The fourth-order valence-corrected chi connectivity index (χ4v) is 1.85. The molecular weight excluding hydrogens is 428 g/mol. The first-order chi connectivity index (χ1) is 11.2. The van der Waals surface area contributed by atoms with Crippen molar-refractivity contribution >= 4 is 29.9 Å². The van der Waals surface area contributed by atoms with Crippen molar-refractivity contribution in [3.8, 4) is 5.75 Å². The third-order valence-electron chi connectivity index (χ3n) is 3.09. The molecule has 0 radical (unpaired) electrons. The molecule has 6 nitrogen and oxygen atoms in total. The number of ether oxygens (including phenoxy) is 3. The molecule has 0 fully saturated rings. The van der Waals surface area contributed by atoms with Crippen LogP contribution in [0.2, 0.25) is 0 Å². The van der Waals surface area contributed by atoms with Crippen LogP contribution in [0.15, 0.2) is 23.2 Å². The van der Waals surface area contributed by atoms with Gasteiger partial charge in [-0.05, 0) is 24.1 Å². The van der Waals surface area contributed by atoms with Crippen LogP contribution in [0.4, 0.5) is 4.39 Å². The summed E-state index contributed by atoms with van der Waals surface area (Å²) < 4.78 is 28.8. The van der Waals surface area contributed by atoms with Gasteiger partial charge in [0.1, 0.15) is 0 Å². The van der Waals surface area contributed by atoms with E-state index in [2.05, 4.69) is 15.6 Å². The van der Waals surface area contributed by atoms with Crippen LogP contribution in [0, 0.1) is 5.82 Å². The summed E-state index contributed by atoms with van der Waals surface area (Å²) in [7, 11) is 4.79. The van der Waals surface area contributed by atoms with E-state index in [4.69, 9.17) is 14.2 Å². The Hall–Kier alpha value is -1.13. The average molecular weight is 455 g/mol. The van der Waals surface area contributed by atoms with E-state index in [1.165, 1.54) is 13.2 Å². The first kappa shape index (κ1) is 22.9. The Kier molecular flexibility index (Phi) is 13.6. The van der Waals surface area contributed by atoms with Crippen molar-refractivity contribution in [1.82, 2.24) is 10.6 Å². The lowest BCUT2D eigenvalue weighted by Gasteiger charge is -2.12. The normalized spacial score (nSPS) is 10.9. The number of aliphatic imine (C=N–C) groups is 1. The summed E-state index contributed by atoms with van der Waals surface area (Å²) in [4.78, 5) is 4.12. The lowest BCUT2D eigenvalue weighted by Crippen LogP contribution is -2.37. The Morgan fingerprint density at radius 1 is 1.17 bits per heavy atom. The van der Waals surface area contributed by atoms with Crippen LogP contribution in [-0.2, 0) is 16.0 Å². The van der Waals surface area contributed by atoms with Gasteiger partial charge in [0.25, 0.3) is 0 Å². The number of hydrogen-bond donors (Lipinski definition) is 2. The molecule has 0 heterocycles. The van der Waals surface area contributed by atoms with E-state index in [1.54, 1.807) is 20.2 Å². The first-order valence-electron chi connectivity index (χ1n) is 7.55. The molecule has 1 aromatic carbocycles. The number of guanidine groups is 1. The van der Waals surface area contributed by atoms with Gasteiger partial charge in [-0.1, -0.05) is 6.07 Å². The van der Waals surface area contributed by atoms with Gasteiger partial charge in [-0.15, -0.1) is 24.0 Å². The van der Waals surface area contributed by atoms with E-state index in [0.717, 1.165) is 18.5 Å². The van der Waals surface area contributed by atoms with Gasteiger partial charge in [0, 0.05) is 33.9 Å². The van der Waals surface area contributed by atoms with Gasteiger partial charge < -0.3 is 24.8 Å². The second-order valence-corrected chi connectivity index (χ2v) is 4.78. The van der Waals surface area contributed by atoms with Crippen molar-refractivity contribution in [3.63, 3.8) is 0 Å². The minimum atomic E-state index is -0.372. The summed E-state index contributed by atoms with van der Waals surface area (Å²) in [6, 6.07) is 4.87. The predicted molar refractivity (Wildman–Crippen MR) is 104 cm³/mol. The highest BCUT2D eigenvalue weighted by Crippen LogP contribution is 2.17. The highest BCUT2D eigenvalue weighted by molar-refractivity contribution is 14.0. The molecule has 0 aliphatic carbocycles. The van der Waals surface area contributed by atoms with Gasteiger partial charge in [-0.2, -0.15) is 0 Å². The molecule has 0 aliphatic heterocycles. The SMILES string of the molecule is CN=C(NCCCOCCOC)NCc1ccc(OC)c(F)c1.I. The maximum atomic E-state index is 13.6. The molecule has 138 valence electrons. The van der Waals surface area contributed by atoms with Crippen molar-refractivity contribution in [3.05, 3.63) is 29.6 Å². The van der Waals surface area contributed by atoms with E-state index >= 15 is 0 Å². The highest BCUT2D eigenvalue weighted by atomic mass is 127. The molecule has 0 aromatic heterocycles. The molecule has 0 unspecified atom stereocenters. The molecule has 0 atom stereocenters. The standard InChI is InChI=1S/C16H26FN3O3.HI/c1-18-16(19-7-4-8-23-10-9-21-2)20-12-13-5-6-15(22-3)14(17)11-13;/h5-6,11H,4,7-10,12H2,1-3H3,(H2,18,19,20);1H. The molecule has 0 amide bonds. The minimum absolute atomic E-state index is 0. The van der Waals surface area contributed by atoms with Crippen LogP contribution in [0.25, 0.3) is 0 Å². The Labute approximate surface area is 160 Å². The molecule has 0 spiro atoms. The Bertz CT molecular complexity index is 490. The number of hydrogen-bond acceptors (Lipinski definition) is 4. The number of benzene rings is 1. The average Bonchev–Trinajstić information content (AvgIpc) is 2.57. The molecule has 8 heteroatoms. The monoisotopic (exact) mass is 455 g/mol. The highest BCUT2D eigenvalue weighted by Gasteiger charge is 2.04. The zero-order chi connectivity index (χ0) is 16.9. The Morgan fingerprint density at radius 2 is 1.96 bits per heavy atom. The second-order valence-electron chi connectivity index (χ2n) is 4.78. The maximum Gasteiger partial charge on any atom is 0.191 e. The smallest absolute Gasteiger partial charge is 0.191 e. The van der Waals surface area contributed by atoms with Crippen molar-refractivity contribution in [1.29, 1.82) is 0 Å². The number of nitrogens with zero attached hydrogens (tertiary/aromatic N) is 1. The van der Waals surface area contributed by atoms with Gasteiger partial charge in [-0.25, -0.2) is 4.39 Å². The molecule has 0 aliphatic rings. The molecule has 0 bridgehead atoms. The van der Waals surface area contributed by atoms with Crippen LogP contribution >= 0.6 is 24.0 Å². The molecular formula is C16H27FIN3O3. The van der Waals surface area contributed by atoms with E-state index in [9.17, 15) is 4.39 Å². The number of halogens is 2. The molecule has 0 saturated carbocycles. The summed E-state index contributed by atoms with van der Waals surface area (Å²) in [6.07, 6.45) is 0.863. The fraction of sp³-hybridized carbons (Fsp3) is 0.562. The second kappa shape index (κ2) is 14.2. The Balaban J connectivity index is 0.00000529. The topological polar surface area (TPSA) is 64.1 Å². The first-order valence-corrected chi connectivity index (χ1v) is 7.55. The summed E-state index contributed by atoms with van der Waals surface area (Å²) in [6.45, 7) is 3.09. The molecule has 24 heavy (non-hydrogen) atoms. The zero-order valence-corrected chi connectivity index (χ0v) is 16.8. The van der Waals surface area contributed by atoms with Crippen molar-refractivity contribution < 1.29 is 18.6 Å². The van der Waals surface area contributed by atoms with Gasteiger partial charge in [-0.3, -0.25) is 4.99 Å². The van der Waals surface area contributed by atoms with Crippen LogP contribution in [0.5, 0.6) is 5.75 Å². The molecule has 0 saturated heterocycles. The predicted octanol–water partition coefficient (Wildman–Crippen LogP) is 2.17. The molecule has 1 aromatic rings. The molecule has 1 rings (SSSR count). The largest absolute Gasteiger partial charge is 0.494 e. The third-order valence-corrected chi connectivity index (χ3v) is 3.09. The maximum absolute atomic E-state index is 13.6. The van der Waals surface area contributed by atoms with E-state index < -0.39 is 0 Å². The lowest BCUT2D eigenvalue weighted by atomic mass is 10.2. The number of nitrogens with one attached hydrogen (secondary N) is 2. The minimum Gasteiger partial charge on any atom is -0.494 e. The van der Waals surface area contributed by atoms with Gasteiger partial charge in [0.05, 0.1) is 20.3 Å². The van der Waals surface area contributed by atoms with Crippen molar-refractivity contribution in [2.45, 2.75) is 13.0 Å². The van der Waals surface area contributed by atoms with Crippen molar-refractivity contribution in [2.24, 2.45) is 4.99 Å². The number of methoxy groups -OCH3 is 2. The lowest BCUT2D eigenvalue weighted by molar-refractivity contribution is 0.0698. The van der Waals surface area contributed by atoms with E-state index in [-0.39, 0.29) is 35.5 Å². The van der Waals surface area contributed by atoms with Crippen LogP contribution in [-0.4, -0.2) is 53.6 Å². The zero-order valence-electron chi connectivity index (χ0n) is 14.4. The van der Waals surface area contributed by atoms with Gasteiger partial charge >= 0.3 is 0 Å². The van der Waals surface area contributed by atoms with Crippen LogP contribution in [0.1, 0.15) is 12.0 Å². The summed E-state index contributed by atoms with van der Waals surface area (Å²) in [5.74, 6) is 0.533. The van der Waals surface area contributed by atoms with Crippen LogP contribution < -0.4 is 15.4 Å². The van der Waals surface area contributed by atoms with E-state index in [1.807, 2.05) is 6.07 Å². The summed E-state index contributed by atoms with van der Waals surface area (Å²) in [5.41, 5.74) is 0.814. The van der Waals surface area contributed by atoms with E-state index in [0.29, 0.717) is 32.3 Å². The van der Waals surface area contributed by atoms with Crippen molar-refractivity contribution in [2.75, 3.05) is 47.6 Å². The Morgan fingerprint density at radius 3 is 2.58 bits per heavy atom. The number of rotatable bonds is 10.